The third kappa shape index (κ3) is 3.39. The van der Waals surface area contributed by atoms with Gasteiger partial charge in [-0.25, -0.2) is 4.98 Å². The highest BCUT2D eigenvalue weighted by atomic mass is 16.2. The van der Waals surface area contributed by atoms with Gasteiger partial charge in [0, 0.05) is 50.2 Å². The molecule has 0 saturated carbocycles. The molecule has 2 aromatic rings. The van der Waals surface area contributed by atoms with Gasteiger partial charge in [-0.2, -0.15) is 0 Å². The van der Waals surface area contributed by atoms with Crippen LogP contribution in [0.5, 0.6) is 0 Å². The zero-order valence-corrected chi connectivity index (χ0v) is 15.6. The van der Waals surface area contributed by atoms with Gasteiger partial charge in [0.05, 0.1) is 6.42 Å². The lowest BCUT2D eigenvalue weighted by Gasteiger charge is -2.35. The molecule has 0 bridgehead atoms. The first kappa shape index (κ1) is 17.5. The van der Waals surface area contributed by atoms with Crippen LogP contribution >= 0.6 is 0 Å². The molecule has 0 N–H and O–H groups in total. The predicted octanol–water partition coefficient (Wildman–Crippen LogP) is 2.34. The third-order valence-electron chi connectivity index (χ3n) is 5.25. The van der Waals surface area contributed by atoms with Crippen molar-refractivity contribution in [2.45, 2.75) is 19.8 Å². The smallest absolute Gasteiger partial charge is 0.253 e. The second-order valence-corrected chi connectivity index (χ2v) is 7.03. The Morgan fingerprint density at radius 3 is 2.63 bits per heavy atom. The number of anilines is 2. The van der Waals surface area contributed by atoms with Crippen molar-refractivity contribution in [2.75, 3.05) is 42.5 Å². The van der Waals surface area contributed by atoms with Gasteiger partial charge in [0.15, 0.2) is 0 Å². The molecule has 0 radical (unpaired) electrons. The molecule has 1 aromatic heterocycles. The molecule has 2 amide bonds. The predicted molar refractivity (Wildman–Crippen MR) is 105 cm³/mol. The maximum Gasteiger partial charge on any atom is 0.253 e. The average molecular weight is 364 g/mol. The van der Waals surface area contributed by atoms with Crippen LogP contribution in [-0.4, -0.2) is 54.4 Å². The van der Waals surface area contributed by atoms with Crippen LogP contribution in [0, 0.1) is 0 Å². The number of aromatic nitrogens is 1. The number of carbonyl (C=O) groups is 2. The van der Waals surface area contributed by atoms with Crippen LogP contribution in [0.25, 0.3) is 0 Å². The monoisotopic (exact) mass is 364 g/mol. The van der Waals surface area contributed by atoms with Crippen LogP contribution in [0.2, 0.25) is 0 Å². The van der Waals surface area contributed by atoms with E-state index in [9.17, 15) is 9.59 Å². The van der Waals surface area contributed by atoms with Gasteiger partial charge < -0.3 is 14.7 Å². The molecule has 140 valence electrons. The fourth-order valence-corrected chi connectivity index (χ4v) is 3.85. The number of piperazine rings is 1. The number of pyridine rings is 1. The summed E-state index contributed by atoms with van der Waals surface area (Å²) in [5, 5.41) is 0. The second-order valence-electron chi connectivity index (χ2n) is 7.03. The number of hydrogen-bond acceptors (Lipinski definition) is 4. The molecule has 0 atom stereocenters. The number of benzene rings is 1. The van der Waals surface area contributed by atoms with Gasteiger partial charge >= 0.3 is 0 Å². The Bertz CT molecular complexity index is 845. The van der Waals surface area contributed by atoms with Crippen molar-refractivity contribution in [1.29, 1.82) is 0 Å². The highest BCUT2D eigenvalue weighted by molar-refractivity contribution is 6.03. The number of amides is 2. The molecular weight excluding hydrogens is 340 g/mol. The molecule has 2 aliphatic rings. The lowest BCUT2D eigenvalue weighted by atomic mass is 10.1. The Morgan fingerprint density at radius 1 is 1.11 bits per heavy atom. The van der Waals surface area contributed by atoms with Crippen LogP contribution in [-0.2, 0) is 11.2 Å². The minimum absolute atomic E-state index is 0.0415. The van der Waals surface area contributed by atoms with Gasteiger partial charge in [0.1, 0.15) is 5.82 Å². The number of fused-ring (bicyclic) bond motifs is 1. The molecule has 1 saturated heterocycles. The minimum Gasteiger partial charge on any atom is -0.353 e. The molecular formula is C21H24N4O2. The number of rotatable bonds is 4. The van der Waals surface area contributed by atoms with Crippen LogP contribution in [0.4, 0.5) is 11.5 Å². The maximum atomic E-state index is 12.9. The zero-order valence-electron chi connectivity index (χ0n) is 15.6. The number of carbonyl (C=O) groups excluding carboxylic acids is 2. The molecule has 0 unspecified atom stereocenters. The summed E-state index contributed by atoms with van der Waals surface area (Å²) in [5.41, 5.74) is 2.59. The number of nitrogens with zero attached hydrogens (tertiary/aromatic N) is 4. The lowest BCUT2D eigenvalue weighted by Crippen LogP contribution is -2.49. The van der Waals surface area contributed by atoms with Crippen molar-refractivity contribution >= 4 is 23.3 Å². The first-order valence-corrected chi connectivity index (χ1v) is 9.56. The van der Waals surface area contributed by atoms with Crippen molar-refractivity contribution in [2.24, 2.45) is 0 Å². The zero-order chi connectivity index (χ0) is 18.8. The Hall–Kier alpha value is -2.89. The van der Waals surface area contributed by atoms with Gasteiger partial charge in [-0.3, -0.25) is 9.59 Å². The first-order chi connectivity index (χ1) is 13.2. The Labute approximate surface area is 159 Å². The van der Waals surface area contributed by atoms with Crippen LogP contribution in [0.15, 0.2) is 42.6 Å². The molecule has 6 nitrogen and oxygen atoms in total. The van der Waals surface area contributed by atoms with Crippen LogP contribution < -0.4 is 9.80 Å². The van der Waals surface area contributed by atoms with Gasteiger partial charge in [-0.05, 0) is 42.3 Å². The first-order valence-electron chi connectivity index (χ1n) is 9.56. The van der Waals surface area contributed by atoms with E-state index in [2.05, 4.69) is 16.8 Å². The average Bonchev–Trinajstić information content (AvgIpc) is 3.03. The van der Waals surface area contributed by atoms with E-state index in [0.717, 1.165) is 43.1 Å². The van der Waals surface area contributed by atoms with E-state index < -0.39 is 0 Å². The largest absolute Gasteiger partial charge is 0.353 e. The SMILES string of the molecule is CCCN1C(=O)Cc2cc(C(=O)N3CCN(c4ccccn4)CC3)ccc21. The topological polar surface area (TPSA) is 56.8 Å². The van der Waals surface area contributed by atoms with E-state index in [1.807, 2.05) is 46.2 Å². The second kappa shape index (κ2) is 7.39. The van der Waals surface area contributed by atoms with Gasteiger partial charge in [0.2, 0.25) is 5.91 Å². The quantitative estimate of drug-likeness (QED) is 0.836. The van der Waals surface area contributed by atoms with E-state index in [0.29, 0.717) is 25.1 Å². The molecule has 1 fully saturated rings. The van der Waals surface area contributed by atoms with Crippen molar-refractivity contribution in [1.82, 2.24) is 9.88 Å². The van der Waals surface area contributed by atoms with Crippen molar-refractivity contribution in [3.63, 3.8) is 0 Å². The molecule has 27 heavy (non-hydrogen) atoms. The minimum atomic E-state index is 0.0415. The maximum absolute atomic E-state index is 12.9. The Kier molecular flexibility index (Phi) is 4.79. The summed E-state index contributed by atoms with van der Waals surface area (Å²) >= 11 is 0. The van der Waals surface area contributed by atoms with Crippen molar-refractivity contribution in [3.8, 4) is 0 Å². The standard InChI is InChI=1S/C21H24N4O2/c1-2-9-25-18-7-6-16(14-17(18)15-20(25)26)21(27)24-12-10-23(11-13-24)19-5-3-4-8-22-19/h3-8,14H,2,9-13,15H2,1H3. The summed E-state index contributed by atoms with van der Waals surface area (Å²) in [6.45, 7) is 5.69. The molecule has 0 aliphatic carbocycles. The Morgan fingerprint density at radius 2 is 1.93 bits per heavy atom. The molecule has 3 heterocycles. The summed E-state index contributed by atoms with van der Waals surface area (Å²) < 4.78 is 0. The molecule has 0 spiro atoms. The van der Waals surface area contributed by atoms with E-state index in [-0.39, 0.29) is 11.8 Å². The van der Waals surface area contributed by atoms with E-state index in [4.69, 9.17) is 0 Å². The van der Waals surface area contributed by atoms with Crippen LogP contribution in [0.1, 0.15) is 29.3 Å². The highest BCUT2D eigenvalue weighted by Gasteiger charge is 2.29. The van der Waals surface area contributed by atoms with Crippen molar-refractivity contribution < 1.29 is 9.59 Å². The lowest BCUT2D eigenvalue weighted by molar-refractivity contribution is -0.117. The summed E-state index contributed by atoms with van der Waals surface area (Å²) in [4.78, 5) is 35.4. The highest BCUT2D eigenvalue weighted by Crippen LogP contribution is 2.30. The third-order valence-corrected chi connectivity index (χ3v) is 5.25. The normalized spacial score (nSPS) is 16.6. The number of hydrogen-bond donors (Lipinski definition) is 0. The Balaban J connectivity index is 1.44. The molecule has 1 aromatic carbocycles. The van der Waals surface area contributed by atoms with Gasteiger partial charge in [0.25, 0.3) is 5.91 Å². The molecule has 2 aliphatic heterocycles. The van der Waals surface area contributed by atoms with Gasteiger partial charge in [-0.1, -0.05) is 13.0 Å². The van der Waals surface area contributed by atoms with Gasteiger partial charge in [-0.15, -0.1) is 0 Å². The van der Waals surface area contributed by atoms with E-state index in [1.165, 1.54) is 0 Å². The van der Waals surface area contributed by atoms with E-state index in [1.54, 1.807) is 6.20 Å². The summed E-state index contributed by atoms with van der Waals surface area (Å²) in [5.74, 6) is 1.12. The summed E-state index contributed by atoms with van der Waals surface area (Å²) in [6.07, 6.45) is 3.11. The van der Waals surface area contributed by atoms with Crippen LogP contribution in [0.3, 0.4) is 0 Å². The molecule has 6 heteroatoms. The van der Waals surface area contributed by atoms with Crippen molar-refractivity contribution in [3.05, 3.63) is 53.7 Å². The summed E-state index contributed by atoms with van der Waals surface area (Å²) in [6, 6.07) is 11.6. The fraction of sp³-hybridized carbons (Fsp3) is 0.381. The van der Waals surface area contributed by atoms with E-state index >= 15 is 0 Å². The fourth-order valence-electron chi connectivity index (χ4n) is 3.85. The summed E-state index contributed by atoms with van der Waals surface area (Å²) in [7, 11) is 0. The molecule has 4 rings (SSSR count).